The van der Waals surface area contributed by atoms with Crippen LogP contribution in [0.2, 0.25) is 0 Å². The molecular formula is C6H7CuN. The second kappa shape index (κ2) is 6.70. The van der Waals surface area contributed by atoms with E-state index >= 15 is 0 Å². The first-order valence-corrected chi connectivity index (χ1v) is 1.91. The van der Waals surface area contributed by atoms with E-state index in [9.17, 15) is 0 Å². The largest absolute Gasteiger partial charge is 2.00 e. The third kappa shape index (κ3) is 3.87. The van der Waals surface area contributed by atoms with Crippen molar-refractivity contribution < 1.29 is 17.1 Å². The Bertz CT molecular complexity index is 80.5. The van der Waals surface area contributed by atoms with Crippen molar-refractivity contribution in [2.45, 2.75) is 0 Å². The second-order valence-corrected chi connectivity index (χ2v) is 1.08. The zero-order valence-electron chi connectivity index (χ0n) is 4.27. The fourth-order valence-corrected chi connectivity index (χ4v) is 0.342. The first kappa shape index (κ1) is 10.6. The third-order valence-electron chi connectivity index (χ3n) is 0.607. The monoisotopic (exact) mass is 156 g/mol. The molecule has 2 N–H and O–H groups in total. The smallest absolute Gasteiger partial charge is 0.693 e. The maximum atomic E-state index is 2.89. The van der Waals surface area contributed by atoms with Gasteiger partial charge in [-0.3, -0.25) is 0 Å². The molecule has 0 amide bonds. The van der Waals surface area contributed by atoms with Crippen molar-refractivity contribution in [2.75, 3.05) is 0 Å². The van der Waals surface area contributed by atoms with Crippen LogP contribution >= 0.6 is 0 Å². The van der Waals surface area contributed by atoms with Crippen molar-refractivity contribution in [1.29, 1.82) is 0 Å². The number of hydrogen-bond donors (Lipinski definition) is 0. The van der Waals surface area contributed by atoms with Crippen LogP contribution in [0.15, 0.2) is 30.3 Å². The van der Waals surface area contributed by atoms with Gasteiger partial charge in [-0.1, -0.05) is 0 Å². The molecule has 0 fully saturated rings. The van der Waals surface area contributed by atoms with Crippen molar-refractivity contribution >= 4 is 0 Å². The van der Waals surface area contributed by atoms with Crippen LogP contribution in [0.25, 0.3) is 6.15 Å². The van der Waals surface area contributed by atoms with Gasteiger partial charge in [0.25, 0.3) is 0 Å². The Morgan fingerprint density at radius 3 is 1.50 bits per heavy atom. The van der Waals surface area contributed by atoms with Crippen molar-refractivity contribution in [1.82, 2.24) is 0 Å². The molecule has 47 valence electrons. The second-order valence-electron chi connectivity index (χ2n) is 1.08. The summed E-state index contributed by atoms with van der Waals surface area (Å²) in [6.45, 7) is 0. The summed E-state index contributed by atoms with van der Waals surface area (Å²) in [5, 5.41) is 0. The fraction of sp³-hybridized carbons (Fsp3) is 0. The minimum Gasteiger partial charge on any atom is -0.693 e. The SMILES string of the molecule is [Cu+2].[NH2-].[c-]1ccccc1. The van der Waals surface area contributed by atoms with Crippen molar-refractivity contribution in [3.63, 3.8) is 0 Å². The Morgan fingerprint density at radius 1 is 0.875 bits per heavy atom. The molecule has 2 heteroatoms. The molecule has 0 aromatic heterocycles. The minimum atomic E-state index is 0. The summed E-state index contributed by atoms with van der Waals surface area (Å²) < 4.78 is 0. The molecule has 0 saturated carbocycles. The summed E-state index contributed by atoms with van der Waals surface area (Å²) in [7, 11) is 0. The molecule has 8 heavy (non-hydrogen) atoms. The van der Waals surface area contributed by atoms with Crippen molar-refractivity contribution in [3.8, 4) is 0 Å². The summed E-state index contributed by atoms with van der Waals surface area (Å²) in [6.07, 6.45) is 0. The third-order valence-corrected chi connectivity index (χ3v) is 0.607. The maximum Gasteiger partial charge on any atom is 2.00 e. The molecule has 1 radical (unpaired) electrons. The Morgan fingerprint density at radius 2 is 1.38 bits per heavy atom. The topological polar surface area (TPSA) is 33.5 Å². The molecular weight excluding hydrogens is 150 g/mol. The molecule has 0 saturated heterocycles. The van der Waals surface area contributed by atoms with E-state index in [1.54, 1.807) is 0 Å². The van der Waals surface area contributed by atoms with Crippen molar-refractivity contribution in [2.24, 2.45) is 0 Å². The van der Waals surface area contributed by atoms with Crippen molar-refractivity contribution in [3.05, 3.63) is 42.5 Å². The normalized spacial score (nSPS) is 6.00. The molecule has 0 atom stereocenters. The summed E-state index contributed by atoms with van der Waals surface area (Å²) >= 11 is 0. The molecule has 0 heterocycles. The number of rotatable bonds is 0. The average Bonchev–Trinajstić information content (AvgIpc) is 1.72. The molecule has 1 nitrogen and oxygen atoms in total. The zero-order chi connectivity index (χ0) is 4.24. The molecule has 0 spiro atoms. The molecule has 0 aliphatic carbocycles. The zero-order valence-corrected chi connectivity index (χ0v) is 5.21. The van der Waals surface area contributed by atoms with Crippen LogP contribution in [-0.4, -0.2) is 0 Å². The molecule has 0 bridgehead atoms. The van der Waals surface area contributed by atoms with E-state index in [0.717, 1.165) is 0 Å². The first-order chi connectivity index (χ1) is 3.00. The fourth-order valence-electron chi connectivity index (χ4n) is 0.342. The van der Waals surface area contributed by atoms with Gasteiger partial charge in [-0.25, -0.2) is 0 Å². The van der Waals surface area contributed by atoms with E-state index in [4.69, 9.17) is 0 Å². The number of benzene rings is 1. The minimum absolute atomic E-state index is 0. The molecule has 0 unspecified atom stereocenters. The number of nitrogens with two attached hydrogens (primary N) is 1. The molecule has 1 aromatic rings. The van der Waals surface area contributed by atoms with E-state index in [1.165, 1.54) is 0 Å². The van der Waals surface area contributed by atoms with E-state index in [1.807, 2.05) is 30.3 Å². The van der Waals surface area contributed by atoms with Gasteiger partial charge in [0.1, 0.15) is 0 Å². The van der Waals surface area contributed by atoms with Gasteiger partial charge in [0.15, 0.2) is 0 Å². The van der Waals surface area contributed by atoms with Crippen LogP contribution in [0.1, 0.15) is 0 Å². The van der Waals surface area contributed by atoms with Gasteiger partial charge >= 0.3 is 17.1 Å². The summed E-state index contributed by atoms with van der Waals surface area (Å²) in [5.74, 6) is 0. The van der Waals surface area contributed by atoms with Crippen LogP contribution in [0.4, 0.5) is 0 Å². The maximum absolute atomic E-state index is 2.89. The van der Waals surface area contributed by atoms with Gasteiger partial charge in [-0.15, -0.1) is 0 Å². The summed E-state index contributed by atoms with van der Waals surface area (Å²) in [6, 6.07) is 12.5. The molecule has 0 aliphatic heterocycles. The average molecular weight is 157 g/mol. The van der Waals surface area contributed by atoms with Crippen LogP contribution in [0, 0.1) is 6.07 Å². The van der Waals surface area contributed by atoms with Crippen LogP contribution in [0.5, 0.6) is 0 Å². The molecule has 1 rings (SSSR count). The van der Waals surface area contributed by atoms with E-state index < -0.39 is 0 Å². The van der Waals surface area contributed by atoms with Gasteiger partial charge in [0.05, 0.1) is 0 Å². The quantitative estimate of drug-likeness (QED) is 0.408. The van der Waals surface area contributed by atoms with Crippen LogP contribution in [0.3, 0.4) is 0 Å². The molecule has 1 aromatic carbocycles. The predicted molar refractivity (Wildman–Crippen MR) is 30.6 cm³/mol. The van der Waals surface area contributed by atoms with Gasteiger partial charge in [-0.05, 0) is 0 Å². The Balaban J connectivity index is 0. The van der Waals surface area contributed by atoms with Gasteiger partial charge in [-0.2, -0.15) is 36.4 Å². The predicted octanol–water partition coefficient (Wildman–Crippen LogP) is 2.20. The summed E-state index contributed by atoms with van der Waals surface area (Å²) in [4.78, 5) is 0. The number of hydrogen-bond acceptors (Lipinski definition) is 0. The Kier molecular flexibility index (Phi) is 8.91. The van der Waals surface area contributed by atoms with Gasteiger partial charge in [0, 0.05) is 0 Å². The van der Waals surface area contributed by atoms with Gasteiger partial charge < -0.3 is 6.15 Å². The van der Waals surface area contributed by atoms with E-state index in [-0.39, 0.29) is 23.2 Å². The first-order valence-electron chi connectivity index (χ1n) is 1.91. The van der Waals surface area contributed by atoms with E-state index in [2.05, 4.69) is 6.07 Å². The van der Waals surface area contributed by atoms with Gasteiger partial charge in [0.2, 0.25) is 0 Å². The van der Waals surface area contributed by atoms with E-state index in [0.29, 0.717) is 0 Å². The Labute approximate surface area is 60.2 Å². The van der Waals surface area contributed by atoms with Crippen LogP contribution < -0.4 is 0 Å². The molecule has 0 aliphatic rings. The van der Waals surface area contributed by atoms with Crippen LogP contribution in [-0.2, 0) is 17.1 Å². The Hall–Kier alpha value is -0.301. The standard InChI is InChI=1S/C6H5.Cu.H2N/c1-2-4-6-5-3-1;;/h1-5H;;1H2/q-1;+2;-1. The summed E-state index contributed by atoms with van der Waals surface area (Å²) in [5.41, 5.74) is 0.